The first-order valence-corrected chi connectivity index (χ1v) is 6.16. The standard InChI is InChI=1S/C13H15ClN4/c1-2-9-3-5-10(6-4-9)7-16-13-11(14)12(15)17-8-18-13/h3-6,8H,2,7H2,1H3,(H3,15,16,17,18). The third kappa shape index (κ3) is 2.90. The van der Waals surface area contributed by atoms with Gasteiger partial charge in [-0.15, -0.1) is 0 Å². The van der Waals surface area contributed by atoms with Crippen molar-refractivity contribution in [1.29, 1.82) is 0 Å². The molecule has 0 aliphatic rings. The largest absolute Gasteiger partial charge is 0.382 e. The van der Waals surface area contributed by atoms with Crippen molar-refractivity contribution < 1.29 is 0 Å². The van der Waals surface area contributed by atoms with E-state index in [-0.39, 0.29) is 5.82 Å². The lowest BCUT2D eigenvalue weighted by Crippen LogP contribution is -2.04. The van der Waals surface area contributed by atoms with Gasteiger partial charge in [0, 0.05) is 6.54 Å². The summed E-state index contributed by atoms with van der Waals surface area (Å²) >= 11 is 5.99. The zero-order valence-corrected chi connectivity index (χ0v) is 10.9. The average molecular weight is 263 g/mol. The quantitative estimate of drug-likeness (QED) is 0.889. The van der Waals surface area contributed by atoms with Crippen LogP contribution in [0.3, 0.4) is 0 Å². The second kappa shape index (κ2) is 5.69. The number of anilines is 2. The summed E-state index contributed by atoms with van der Waals surface area (Å²) in [6, 6.07) is 8.41. The molecule has 0 atom stereocenters. The summed E-state index contributed by atoms with van der Waals surface area (Å²) in [7, 11) is 0. The van der Waals surface area contributed by atoms with E-state index in [2.05, 4.69) is 46.5 Å². The summed E-state index contributed by atoms with van der Waals surface area (Å²) in [5, 5.41) is 3.51. The molecule has 0 aliphatic carbocycles. The molecule has 0 amide bonds. The van der Waals surface area contributed by atoms with Crippen LogP contribution in [0.2, 0.25) is 5.02 Å². The Morgan fingerprint density at radius 3 is 2.50 bits per heavy atom. The Morgan fingerprint density at radius 1 is 1.17 bits per heavy atom. The third-order valence-electron chi connectivity index (χ3n) is 2.71. The van der Waals surface area contributed by atoms with Crippen LogP contribution in [0.4, 0.5) is 11.6 Å². The molecule has 0 aliphatic heterocycles. The summed E-state index contributed by atoms with van der Waals surface area (Å²) in [5.41, 5.74) is 8.09. The number of halogens is 1. The number of hydrogen-bond acceptors (Lipinski definition) is 4. The van der Waals surface area contributed by atoms with Crippen molar-refractivity contribution >= 4 is 23.2 Å². The van der Waals surface area contributed by atoms with Gasteiger partial charge < -0.3 is 11.1 Å². The molecule has 2 aromatic rings. The highest BCUT2D eigenvalue weighted by Crippen LogP contribution is 2.23. The molecule has 94 valence electrons. The summed E-state index contributed by atoms with van der Waals surface area (Å²) < 4.78 is 0. The van der Waals surface area contributed by atoms with Gasteiger partial charge in [0.1, 0.15) is 17.2 Å². The lowest BCUT2D eigenvalue weighted by molar-refractivity contribution is 1.07. The molecule has 0 saturated carbocycles. The van der Waals surface area contributed by atoms with Gasteiger partial charge in [0.15, 0.2) is 5.82 Å². The van der Waals surface area contributed by atoms with Gasteiger partial charge in [-0.25, -0.2) is 9.97 Å². The molecule has 5 heteroatoms. The Balaban J connectivity index is 2.04. The Morgan fingerprint density at radius 2 is 1.83 bits per heavy atom. The van der Waals surface area contributed by atoms with Gasteiger partial charge in [-0.3, -0.25) is 0 Å². The van der Waals surface area contributed by atoms with Crippen LogP contribution in [-0.2, 0) is 13.0 Å². The van der Waals surface area contributed by atoms with Crippen LogP contribution in [0.15, 0.2) is 30.6 Å². The van der Waals surface area contributed by atoms with Crippen LogP contribution in [-0.4, -0.2) is 9.97 Å². The maximum Gasteiger partial charge on any atom is 0.150 e. The fourth-order valence-electron chi connectivity index (χ4n) is 1.59. The smallest absolute Gasteiger partial charge is 0.150 e. The maximum atomic E-state index is 5.99. The normalized spacial score (nSPS) is 10.3. The fraction of sp³-hybridized carbons (Fsp3) is 0.231. The first-order valence-electron chi connectivity index (χ1n) is 5.78. The van der Waals surface area contributed by atoms with E-state index in [1.54, 1.807) is 0 Å². The predicted octanol–water partition coefficient (Wildman–Crippen LogP) is 2.89. The number of aryl methyl sites for hydroxylation is 1. The van der Waals surface area contributed by atoms with Crippen LogP contribution in [0.1, 0.15) is 18.1 Å². The maximum absolute atomic E-state index is 5.99. The van der Waals surface area contributed by atoms with E-state index in [4.69, 9.17) is 17.3 Å². The number of benzene rings is 1. The molecule has 0 bridgehead atoms. The van der Waals surface area contributed by atoms with E-state index in [0.717, 1.165) is 6.42 Å². The minimum absolute atomic E-state index is 0.287. The van der Waals surface area contributed by atoms with Gasteiger partial charge in [-0.1, -0.05) is 42.8 Å². The van der Waals surface area contributed by atoms with E-state index in [9.17, 15) is 0 Å². The number of nitrogens with one attached hydrogen (secondary N) is 1. The first-order chi connectivity index (χ1) is 8.70. The number of nitrogen functional groups attached to an aromatic ring is 1. The lowest BCUT2D eigenvalue weighted by atomic mass is 10.1. The molecule has 1 heterocycles. The lowest BCUT2D eigenvalue weighted by Gasteiger charge is -2.08. The Labute approximate surface area is 111 Å². The first kappa shape index (κ1) is 12.6. The molecular weight excluding hydrogens is 248 g/mol. The molecule has 3 N–H and O–H groups in total. The van der Waals surface area contributed by atoms with E-state index in [1.165, 1.54) is 17.5 Å². The van der Waals surface area contributed by atoms with Crippen molar-refractivity contribution in [1.82, 2.24) is 9.97 Å². The van der Waals surface area contributed by atoms with Gasteiger partial charge in [-0.05, 0) is 17.5 Å². The molecule has 4 nitrogen and oxygen atoms in total. The highest BCUT2D eigenvalue weighted by Gasteiger charge is 2.05. The summed E-state index contributed by atoms with van der Waals surface area (Å²) in [6.45, 7) is 2.79. The zero-order chi connectivity index (χ0) is 13.0. The molecule has 0 fully saturated rings. The van der Waals surface area contributed by atoms with E-state index < -0.39 is 0 Å². The van der Waals surface area contributed by atoms with Crippen molar-refractivity contribution in [3.05, 3.63) is 46.7 Å². The minimum atomic E-state index is 0.287. The minimum Gasteiger partial charge on any atom is -0.382 e. The number of aromatic nitrogens is 2. The third-order valence-corrected chi connectivity index (χ3v) is 3.08. The molecule has 0 spiro atoms. The molecule has 18 heavy (non-hydrogen) atoms. The predicted molar refractivity (Wildman–Crippen MR) is 74.6 cm³/mol. The summed E-state index contributed by atoms with van der Waals surface area (Å²) in [6.07, 6.45) is 2.44. The fourth-order valence-corrected chi connectivity index (χ4v) is 1.75. The van der Waals surface area contributed by atoms with Crippen molar-refractivity contribution in [3.8, 4) is 0 Å². The van der Waals surface area contributed by atoms with Crippen molar-refractivity contribution in [2.75, 3.05) is 11.1 Å². The molecule has 0 radical (unpaired) electrons. The van der Waals surface area contributed by atoms with Crippen LogP contribution in [0, 0.1) is 0 Å². The second-order valence-electron chi connectivity index (χ2n) is 3.95. The molecular formula is C13H15ClN4. The van der Waals surface area contributed by atoms with Gasteiger partial charge in [0.2, 0.25) is 0 Å². The number of nitrogens with zero attached hydrogens (tertiary/aromatic N) is 2. The number of hydrogen-bond donors (Lipinski definition) is 2. The second-order valence-corrected chi connectivity index (χ2v) is 4.32. The van der Waals surface area contributed by atoms with Crippen LogP contribution < -0.4 is 11.1 Å². The van der Waals surface area contributed by atoms with Crippen molar-refractivity contribution in [3.63, 3.8) is 0 Å². The Hall–Kier alpha value is -1.81. The van der Waals surface area contributed by atoms with E-state index in [1.807, 2.05) is 0 Å². The molecule has 0 saturated heterocycles. The molecule has 2 rings (SSSR count). The summed E-state index contributed by atoms with van der Waals surface area (Å²) in [4.78, 5) is 7.87. The molecule has 1 aromatic heterocycles. The van der Waals surface area contributed by atoms with Crippen molar-refractivity contribution in [2.24, 2.45) is 0 Å². The molecule has 1 aromatic carbocycles. The van der Waals surface area contributed by atoms with Crippen LogP contribution in [0.25, 0.3) is 0 Å². The Bertz CT molecular complexity index is 525. The van der Waals surface area contributed by atoms with Crippen LogP contribution >= 0.6 is 11.6 Å². The monoisotopic (exact) mass is 262 g/mol. The number of rotatable bonds is 4. The van der Waals surface area contributed by atoms with Crippen molar-refractivity contribution in [2.45, 2.75) is 19.9 Å². The van der Waals surface area contributed by atoms with E-state index >= 15 is 0 Å². The van der Waals surface area contributed by atoms with Gasteiger partial charge >= 0.3 is 0 Å². The van der Waals surface area contributed by atoms with E-state index in [0.29, 0.717) is 17.4 Å². The molecule has 0 unspecified atom stereocenters. The zero-order valence-electron chi connectivity index (χ0n) is 10.2. The summed E-state index contributed by atoms with van der Waals surface area (Å²) in [5.74, 6) is 0.847. The van der Waals surface area contributed by atoms with Gasteiger partial charge in [0.05, 0.1) is 0 Å². The SMILES string of the molecule is CCc1ccc(CNc2ncnc(N)c2Cl)cc1. The van der Waals surface area contributed by atoms with Crippen LogP contribution in [0.5, 0.6) is 0 Å². The topological polar surface area (TPSA) is 63.8 Å². The Kier molecular flexibility index (Phi) is 3.99. The number of nitrogens with two attached hydrogens (primary N) is 1. The average Bonchev–Trinajstić information content (AvgIpc) is 2.41. The van der Waals surface area contributed by atoms with Gasteiger partial charge in [0.25, 0.3) is 0 Å². The van der Waals surface area contributed by atoms with Gasteiger partial charge in [-0.2, -0.15) is 0 Å². The highest BCUT2D eigenvalue weighted by molar-refractivity contribution is 6.35. The highest BCUT2D eigenvalue weighted by atomic mass is 35.5.